The van der Waals surface area contributed by atoms with Crippen LogP contribution in [0, 0.1) is 0 Å². The Morgan fingerprint density at radius 2 is 1.81 bits per heavy atom. The van der Waals surface area contributed by atoms with E-state index < -0.39 is 11.7 Å². The summed E-state index contributed by atoms with van der Waals surface area (Å²) in [6, 6.07) is 11.8. The van der Waals surface area contributed by atoms with E-state index in [0.717, 1.165) is 75.4 Å². The van der Waals surface area contributed by atoms with Gasteiger partial charge >= 0.3 is 6.18 Å². The number of benzene rings is 2. The summed E-state index contributed by atoms with van der Waals surface area (Å²) in [5.74, 6) is 0.482. The lowest BCUT2D eigenvalue weighted by Crippen LogP contribution is -2.53. The number of carbonyl (C=O) groups is 1. The molecule has 2 saturated heterocycles. The van der Waals surface area contributed by atoms with Crippen LogP contribution in [0.4, 0.5) is 36.2 Å². The average Bonchev–Trinajstić information content (AvgIpc) is 3.47. The molecule has 47 heavy (non-hydrogen) atoms. The number of hydrogen-bond donors (Lipinski definition) is 2. The van der Waals surface area contributed by atoms with Crippen molar-refractivity contribution in [1.82, 2.24) is 19.8 Å². The Morgan fingerprint density at radius 3 is 2.53 bits per heavy atom. The second-order valence-corrected chi connectivity index (χ2v) is 12.3. The third kappa shape index (κ3) is 7.79. The Kier molecular flexibility index (Phi) is 10.1. The highest BCUT2D eigenvalue weighted by atomic mass is 19.4. The molecule has 4 heterocycles. The van der Waals surface area contributed by atoms with Crippen LogP contribution < -0.4 is 20.3 Å². The van der Waals surface area contributed by atoms with Crippen molar-refractivity contribution >= 4 is 28.9 Å². The molecule has 0 spiro atoms. The molecule has 2 aromatic carbocycles. The SMILES string of the molecule is COCCN1CCC(N2CCN(c3ccc(Nc4ncc(C(F)(F)F)c(CCc5cccc6c5CC(=O)N6)n4)c(OC)c3)CC2)CC1. The van der Waals surface area contributed by atoms with Crippen LogP contribution in [-0.2, 0) is 35.0 Å². The topological polar surface area (TPSA) is 95.1 Å². The third-order valence-electron chi connectivity index (χ3n) is 9.48. The maximum absolute atomic E-state index is 13.9. The molecule has 0 aliphatic carbocycles. The zero-order valence-corrected chi connectivity index (χ0v) is 26.9. The van der Waals surface area contributed by atoms with Gasteiger partial charge < -0.3 is 29.9 Å². The molecule has 2 fully saturated rings. The molecule has 10 nitrogen and oxygen atoms in total. The number of nitrogens with one attached hydrogen (secondary N) is 2. The number of piperazine rings is 1. The van der Waals surface area contributed by atoms with E-state index in [1.165, 1.54) is 12.8 Å². The van der Waals surface area contributed by atoms with Gasteiger partial charge in [-0.3, -0.25) is 9.69 Å². The fourth-order valence-corrected chi connectivity index (χ4v) is 6.88. The summed E-state index contributed by atoms with van der Waals surface area (Å²) in [7, 11) is 3.32. The molecule has 0 unspecified atom stereocenters. The monoisotopic (exact) mass is 653 g/mol. The number of likely N-dealkylation sites (tertiary alicyclic amines) is 1. The van der Waals surface area contributed by atoms with Gasteiger partial charge in [0.1, 0.15) is 5.75 Å². The van der Waals surface area contributed by atoms with E-state index >= 15 is 0 Å². The van der Waals surface area contributed by atoms with Gasteiger partial charge in [0.25, 0.3) is 0 Å². The number of piperidine rings is 1. The fourth-order valence-electron chi connectivity index (χ4n) is 6.88. The molecule has 0 radical (unpaired) electrons. The Morgan fingerprint density at radius 1 is 1.02 bits per heavy atom. The van der Waals surface area contributed by atoms with Gasteiger partial charge in [0, 0.05) is 69.5 Å². The summed E-state index contributed by atoms with van der Waals surface area (Å²) in [6.45, 7) is 7.78. The van der Waals surface area contributed by atoms with E-state index in [1.54, 1.807) is 26.4 Å². The summed E-state index contributed by atoms with van der Waals surface area (Å²) in [6.07, 6.45) is -0.864. The van der Waals surface area contributed by atoms with Gasteiger partial charge in [0.05, 0.1) is 37.1 Å². The Hall–Kier alpha value is -3.94. The van der Waals surface area contributed by atoms with Crippen LogP contribution in [0.2, 0.25) is 0 Å². The molecular weight excluding hydrogens is 611 g/mol. The molecule has 2 N–H and O–H groups in total. The molecule has 3 aliphatic heterocycles. The molecule has 3 aliphatic rings. The van der Waals surface area contributed by atoms with Crippen molar-refractivity contribution < 1.29 is 27.4 Å². The molecule has 1 amide bonds. The highest BCUT2D eigenvalue weighted by Crippen LogP contribution is 2.35. The number of rotatable bonds is 11. The van der Waals surface area contributed by atoms with Crippen molar-refractivity contribution in [3.63, 3.8) is 0 Å². The molecule has 252 valence electrons. The summed E-state index contributed by atoms with van der Waals surface area (Å²) < 4.78 is 52.7. The lowest BCUT2D eigenvalue weighted by atomic mass is 9.98. The van der Waals surface area contributed by atoms with Gasteiger partial charge in [-0.1, -0.05) is 12.1 Å². The number of ether oxygens (including phenoxy) is 2. The van der Waals surface area contributed by atoms with Crippen LogP contribution in [-0.4, -0.2) is 98.4 Å². The first-order valence-electron chi connectivity index (χ1n) is 16.2. The first-order valence-corrected chi connectivity index (χ1v) is 16.2. The number of nitrogens with zero attached hydrogens (tertiary/aromatic N) is 5. The molecule has 0 bridgehead atoms. The van der Waals surface area contributed by atoms with Crippen molar-refractivity contribution in [3.05, 3.63) is 65.0 Å². The first-order chi connectivity index (χ1) is 22.7. The van der Waals surface area contributed by atoms with Gasteiger partial charge in [-0.05, 0) is 68.1 Å². The highest BCUT2D eigenvalue weighted by molar-refractivity contribution is 5.99. The number of halogens is 3. The minimum atomic E-state index is -4.60. The minimum absolute atomic E-state index is 0.0334. The van der Waals surface area contributed by atoms with Crippen molar-refractivity contribution in [2.75, 3.05) is 82.2 Å². The van der Waals surface area contributed by atoms with Crippen LogP contribution in [0.1, 0.15) is 35.2 Å². The van der Waals surface area contributed by atoms with Gasteiger partial charge in [0.2, 0.25) is 11.9 Å². The normalized spacial score (nSPS) is 17.9. The summed E-state index contributed by atoms with van der Waals surface area (Å²) in [4.78, 5) is 27.6. The lowest BCUT2D eigenvalue weighted by molar-refractivity contribution is -0.138. The van der Waals surface area contributed by atoms with Gasteiger partial charge in [-0.2, -0.15) is 13.2 Å². The number of fused-ring (bicyclic) bond motifs is 1. The molecule has 1 aromatic heterocycles. The smallest absolute Gasteiger partial charge is 0.419 e. The van der Waals surface area contributed by atoms with Gasteiger partial charge in [-0.15, -0.1) is 0 Å². The Labute approximate surface area is 273 Å². The number of hydrogen-bond acceptors (Lipinski definition) is 9. The van der Waals surface area contributed by atoms with Crippen LogP contribution >= 0.6 is 0 Å². The maximum Gasteiger partial charge on any atom is 0.419 e. The molecule has 6 rings (SSSR count). The Bertz CT molecular complexity index is 1550. The third-order valence-corrected chi connectivity index (χ3v) is 9.48. The molecule has 0 atom stereocenters. The van der Waals surface area contributed by atoms with Crippen molar-refractivity contribution in [1.29, 1.82) is 0 Å². The van der Waals surface area contributed by atoms with Crippen molar-refractivity contribution in [2.45, 2.75) is 44.3 Å². The van der Waals surface area contributed by atoms with E-state index in [-0.39, 0.29) is 30.4 Å². The number of aromatic nitrogens is 2. The van der Waals surface area contributed by atoms with E-state index in [1.807, 2.05) is 24.3 Å². The number of methoxy groups -OCH3 is 2. The molecule has 0 saturated carbocycles. The van der Waals surface area contributed by atoms with E-state index in [4.69, 9.17) is 9.47 Å². The molecular formula is C34H42F3N7O3. The highest BCUT2D eigenvalue weighted by Gasteiger charge is 2.35. The number of anilines is 4. The molecule has 13 heteroatoms. The first kappa shape index (κ1) is 33.0. The van der Waals surface area contributed by atoms with Crippen LogP contribution in [0.15, 0.2) is 42.6 Å². The zero-order valence-electron chi connectivity index (χ0n) is 26.9. The average molecular weight is 654 g/mol. The number of amides is 1. The van der Waals surface area contributed by atoms with Crippen LogP contribution in [0.5, 0.6) is 5.75 Å². The van der Waals surface area contributed by atoms with Crippen molar-refractivity contribution in [2.24, 2.45) is 0 Å². The van der Waals surface area contributed by atoms with Gasteiger partial charge in [-0.25, -0.2) is 9.97 Å². The maximum atomic E-state index is 13.9. The van der Waals surface area contributed by atoms with E-state index in [9.17, 15) is 18.0 Å². The second kappa shape index (κ2) is 14.4. The number of alkyl halides is 3. The number of carbonyl (C=O) groups excluding carboxylic acids is 1. The molecule has 3 aromatic rings. The summed E-state index contributed by atoms with van der Waals surface area (Å²) >= 11 is 0. The predicted molar refractivity (Wildman–Crippen MR) is 175 cm³/mol. The Balaban J connectivity index is 1.10. The lowest BCUT2D eigenvalue weighted by Gasteiger charge is -2.43. The summed E-state index contributed by atoms with van der Waals surface area (Å²) in [5.41, 5.74) is 2.96. The van der Waals surface area contributed by atoms with Crippen molar-refractivity contribution in [3.8, 4) is 5.75 Å². The van der Waals surface area contributed by atoms with Crippen LogP contribution in [0.25, 0.3) is 0 Å². The predicted octanol–water partition coefficient (Wildman–Crippen LogP) is 4.76. The zero-order chi connectivity index (χ0) is 33.0. The standard InChI is InChI=1S/C34H42F3N7O3/c1-46-19-18-42-12-10-24(11-13-42)43-14-16-44(17-15-43)25-7-9-30(31(20-25)47-2)41-33-38-22-27(34(35,36)37)29(40-33)8-6-23-4-3-5-28-26(23)21-32(45)39-28/h3-5,7,9,20,22,24H,6,8,10-19,21H2,1-2H3,(H,39,45)(H,38,40,41). The van der Waals surface area contributed by atoms with E-state index in [0.29, 0.717) is 29.6 Å². The summed E-state index contributed by atoms with van der Waals surface area (Å²) in [5, 5.41) is 5.87. The quantitative estimate of drug-likeness (QED) is 0.304. The van der Waals surface area contributed by atoms with E-state index in [2.05, 4.69) is 35.3 Å². The fraction of sp³-hybridized carbons (Fsp3) is 0.500. The largest absolute Gasteiger partial charge is 0.494 e. The number of aryl methyl sites for hydroxylation is 2. The van der Waals surface area contributed by atoms with Gasteiger partial charge in [0.15, 0.2) is 0 Å². The minimum Gasteiger partial charge on any atom is -0.494 e. The van der Waals surface area contributed by atoms with Crippen LogP contribution in [0.3, 0.4) is 0 Å². The second-order valence-electron chi connectivity index (χ2n) is 12.3.